The van der Waals surface area contributed by atoms with E-state index in [0.29, 0.717) is 6.07 Å². The third kappa shape index (κ3) is 7.34. The summed E-state index contributed by atoms with van der Waals surface area (Å²) in [5.74, 6) is -0.715. The van der Waals surface area contributed by atoms with E-state index in [0.717, 1.165) is 10.9 Å². The van der Waals surface area contributed by atoms with Gasteiger partial charge < -0.3 is 9.87 Å². The Kier molecular flexibility index (Phi) is 9.52. The molecule has 0 saturated carbocycles. The molecule has 0 spiro atoms. The van der Waals surface area contributed by atoms with E-state index in [-0.39, 0.29) is 75.3 Å². The SMILES string of the molecule is CC(C)CS(=O)(=O)c1cc(NCc2cccs2)c(S(=O)(=O)[O-])cc1S(N)(=O)=O.[K+]. The van der Waals surface area contributed by atoms with Gasteiger partial charge in [0.1, 0.15) is 15.0 Å². The zero-order valence-electron chi connectivity index (χ0n) is 15.9. The zero-order chi connectivity index (χ0) is 21.3. The number of hydrogen-bond donors (Lipinski definition) is 2. The van der Waals surface area contributed by atoms with Gasteiger partial charge in [0.05, 0.1) is 21.2 Å². The number of nitrogens with two attached hydrogens (primary N) is 1. The van der Waals surface area contributed by atoms with Crippen molar-refractivity contribution in [2.75, 3.05) is 11.1 Å². The summed E-state index contributed by atoms with van der Waals surface area (Å²) in [6.07, 6.45) is 0. The largest absolute Gasteiger partial charge is 1.00 e. The summed E-state index contributed by atoms with van der Waals surface area (Å²) in [6.45, 7) is 3.36. The second-order valence-corrected chi connectivity index (χ2v) is 12.3. The van der Waals surface area contributed by atoms with Crippen LogP contribution in [0.4, 0.5) is 5.69 Å². The fourth-order valence-electron chi connectivity index (χ4n) is 2.48. The molecule has 29 heavy (non-hydrogen) atoms. The quantitative estimate of drug-likeness (QED) is 0.317. The molecule has 1 heterocycles. The Bertz CT molecular complexity index is 1170. The second-order valence-electron chi connectivity index (χ2n) is 6.40. The van der Waals surface area contributed by atoms with Crippen LogP contribution < -0.4 is 61.8 Å². The number of hydrogen-bond acceptors (Lipinski definition) is 9. The van der Waals surface area contributed by atoms with E-state index in [1.54, 1.807) is 31.4 Å². The maximum absolute atomic E-state index is 12.7. The van der Waals surface area contributed by atoms with Crippen LogP contribution in [0.15, 0.2) is 44.3 Å². The molecule has 0 saturated heterocycles. The summed E-state index contributed by atoms with van der Waals surface area (Å²) < 4.78 is 84.2. The van der Waals surface area contributed by atoms with Gasteiger partial charge in [0.25, 0.3) is 0 Å². The number of sulfonamides is 1. The van der Waals surface area contributed by atoms with Gasteiger partial charge in [-0.25, -0.2) is 30.4 Å². The first-order valence-corrected chi connectivity index (χ1v) is 13.4. The van der Waals surface area contributed by atoms with Crippen molar-refractivity contribution in [1.82, 2.24) is 0 Å². The van der Waals surface area contributed by atoms with Crippen molar-refractivity contribution in [3.05, 3.63) is 34.5 Å². The van der Waals surface area contributed by atoms with Crippen LogP contribution in [0.1, 0.15) is 18.7 Å². The number of primary sulfonamides is 1. The van der Waals surface area contributed by atoms with Crippen molar-refractivity contribution in [1.29, 1.82) is 0 Å². The summed E-state index contributed by atoms with van der Waals surface area (Å²) in [4.78, 5) is -1.68. The van der Waals surface area contributed by atoms with Crippen molar-refractivity contribution < 1.29 is 81.2 Å². The molecule has 0 radical (unpaired) electrons. The maximum Gasteiger partial charge on any atom is 1.00 e. The average Bonchev–Trinajstić information content (AvgIpc) is 3.02. The minimum absolute atomic E-state index is 0. The van der Waals surface area contributed by atoms with Gasteiger partial charge in [0, 0.05) is 11.4 Å². The molecule has 156 valence electrons. The molecule has 0 aliphatic rings. The van der Waals surface area contributed by atoms with Crippen LogP contribution in [-0.4, -0.2) is 35.6 Å². The van der Waals surface area contributed by atoms with Crippen molar-refractivity contribution in [2.24, 2.45) is 11.1 Å². The van der Waals surface area contributed by atoms with E-state index < -0.39 is 44.7 Å². The predicted octanol–water partition coefficient (Wildman–Crippen LogP) is -1.65. The molecule has 2 rings (SSSR count). The Morgan fingerprint density at radius 1 is 1.07 bits per heavy atom. The third-order valence-corrected chi connectivity index (χ3v) is 8.49. The van der Waals surface area contributed by atoms with Crippen molar-refractivity contribution in [3.8, 4) is 0 Å². The van der Waals surface area contributed by atoms with Gasteiger partial charge in [-0.1, -0.05) is 19.9 Å². The Labute approximate surface area is 217 Å². The van der Waals surface area contributed by atoms with E-state index in [4.69, 9.17) is 5.14 Å². The van der Waals surface area contributed by atoms with Gasteiger partial charge in [-0.05, 0) is 29.5 Å². The molecule has 0 bridgehead atoms. The molecule has 0 aliphatic heterocycles. The third-order valence-electron chi connectivity index (χ3n) is 3.54. The van der Waals surface area contributed by atoms with Crippen LogP contribution in [0.25, 0.3) is 0 Å². The molecular formula is C15H19KN2O7S4. The number of sulfone groups is 1. The average molecular weight is 507 g/mol. The molecule has 2 aromatic rings. The van der Waals surface area contributed by atoms with Crippen LogP contribution in [0.2, 0.25) is 0 Å². The minimum Gasteiger partial charge on any atom is -0.744 e. The maximum atomic E-state index is 12.7. The van der Waals surface area contributed by atoms with Gasteiger partial charge in [0.15, 0.2) is 9.84 Å². The van der Waals surface area contributed by atoms with E-state index in [9.17, 15) is 29.8 Å². The van der Waals surface area contributed by atoms with Crippen LogP contribution in [0.3, 0.4) is 0 Å². The first-order valence-electron chi connectivity index (χ1n) is 7.87. The zero-order valence-corrected chi connectivity index (χ0v) is 22.3. The predicted molar refractivity (Wildman–Crippen MR) is 104 cm³/mol. The standard InChI is InChI=1S/C15H20N2O7S4.K/c1-10(2)9-26(18,19)14-6-12(17-8-11-4-3-5-25-11)13(28(22,23)24)7-15(14)27(16,20)21;/h3-7,10,17H,8-9H2,1-2H3,(H2,16,20,21)(H,22,23,24);/q;+1/p-1. The molecule has 1 aromatic heterocycles. The fourth-order valence-corrected chi connectivity index (χ4v) is 6.93. The van der Waals surface area contributed by atoms with Gasteiger partial charge in [-0.2, -0.15) is 0 Å². The Morgan fingerprint density at radius 3 is 2.14 bits per heavy atom. The van der Waals surface area contributed by atoms with Crippen molar-refractivity contribution >= 4 is 47.0 Å². The Morgan fingerprint density at radius 2 is 1.69 bits per heavy atom. The topological polar surface area (TPSA) is 164 Å². The van der Waals surface area contributed by atoms with Crippen molar-refractivity contribution in [3.63, 3.8) is 0 Å². The molecule has 14 heteroatoms. The molecule has 9 nitrogen and oxygen atoms in total. The van der Waals surface area contributed by atoms with E-state index in [2.05, 4.69) is 5.32 Å². The molecular weight excluding hydrogens is 488 g/mol. The van der Waals surface area contributed by atoms with Gasteiger partial charge >= 0.3 is 51.4 Å². The fraction of sp³-hybridized carbons (Fsp3) is 0.333. The number of nitrogens with one attached hydrogen (secondary N) is 1. The molecule has 0 aliphatic carbocycles. The van der Waals surface area contributed by atoms with Gasteiger partial charge in [0.2, 0.25) is 10.0 Å². The molecule has 1 aromatic carbocycles. The van der Waals surface area contributed by atoms with Crippen LogP contribution in [0, 0.1) is 5.92 Å². The summed E-state index contributed by atoms with van der Waals surface area (Å²) in [7, 11) is -13.9. The minimum atomic E-state index is -5.12. The van der Waals surface area contributed by atoms with E-state index in [1.165, 1.54) is 11.3 Å². The summed E-state index contributed by atoms with van der Waals surface area (Å²) in [5, 5.41) is 9.57. The normalized spacial score (nSPS) is 12.6. The van der Waals surface area contributed by atoms with Gasteiger partial charge in [-0.15, -0.1) is 11.3 Å². The number of thiophene rings is 1. The number of rotatable bonds is 8. The first-order chi connectivity index (χ1) is 12.7. The number of benzene rings is 1. The second kappa shape index (κ2) is 10.2. The number of anilines is 1. The van der Waals surface area contributed by atoms with Crippen LogP contribution >= 0.6 is 11.3 Å². The monoisotopic (exact) mass is 506 g/mol. The smallest absolute Gasteiger partial charge is 0.744 e. The molecule has 3 N–H and O–H groups in total. The molecule has 0 amide bonds. The summed E-state index contributed by atoms with van der Waals surface area (Å²) in [5.41, 5.74) is -0.307. The van der Waals surface area contributed by atoms with Crippen LogP contribution in [-0.2, 0) is 36.5 Å². The summed E-state index contributed by atoms with van der Waals surface area (Å²) in [6, 6.07) is 4.85. The molecule has 0 fully saturated rings. The van der Waals surface area contributed by atoms with E-state index >= 15 is 0 Å². The van der Waals surface area contributed by atoms with Crippen molar-refractivity contribution in [2.45, 2.75) is 35.1 Å². The molecule has 0 atom stereocenters. The van der Waals surface area contributed by atoms with E-state index in [1.807, 2.05) is 0 Å². The van der Waals surface area contributed by atoms with Crippen LogP contribution in [0.5, 0.6) is 0 Å². The first kappa shape index (κ1) is 27.2. The Balaban J connectivity index is 0.00000420. The van der Waals surface area contributed by atoms with Gasteiger partial charge in [-0.3, -0.25) is 0 Å². The Hall–Kier alpha value is 0.126. The molecule has 0 unspecified atom stereocenters. The summed E-state index contributed by atoms with van der Waals surface area (Å²) >= 11 is 1.36.